The fraction of sp³-hybridized carbons (Fsp3) is 1.00. The van der Waals surface area contributed by atoms with Gasteiger partial charge in [0, 0.05) is 38.3 Å². The lowest BCUT2D eigenvalue weighted by atomic mass is 9.95. The van der Waals surface area contributed by atoms with Crippen LogP contribution in [-0.2, 0) is 4.74 Å². The van der Waals surface area contributed by atoms with Crippen molar-refractivity contribution in [3.05, 3.63) is 0 Å². The summed E-state index contributed by atoms with van der Waals surface area (Å²) < 4.78 is 5.64. The van der Waals surface area contributed by atoms with Crippen LogP contribution < -0.4 is 5.32 Å². The molecular formula is C14H28N2O2. The molecule has 3 unspecified atom stereocenters. The molecule has 0 aliphatic carbocycles. The van der Waals surface area contributed by atoms with Gasteiger partial charge in [-0.1, -0.05) is 6.92 Å². The Hall–Kier alpha value is -0.160. The summed E-state index contributed by atoms with van der Waals surface area (Å²) >= 11 is 0. The predicted molar refractivity (Wildman–Crippen MR) is 72.6 cm³/mol. The molecule has 2 rings (SSSR count). The predicted octanol–water partition coefficient (Wildman–Crippen LogP) is 0.705. The molecule has 0 spiro atoms. The molecular weight excluding hydrogens is 228 g/mol. The van der Waals surface area contributed by atoms with Crippen molar-refractivity contribution in [2.24, 2.45) is 11.8 Å². The lowest BCUT2D eigenvalue weighted by molar-refractivity contribution is 0.0188. The summed E-state index contributed by atoms with van der Waals surface area (Å²) in [6, 6.07) is 0.617. The molecule has 2 N–H and O–H groups in total. The smallest absolute Gasteiger partial charge is 0.0521 e. The van der Waals surface area contributed by atoms with Crippen molar-refractivity contribution in [2.75, 3.05) is 46.0 Å². The summed E-state index contributed by atoms with van der Waals surface area (Å²) in [4.78, 5) is 2.50. The number of rotatable bonds is 6. The maximum absolute atomic E-state index is 9.19. The maximum Gasteiger partial charge on any atom is 0.0521 e. The van der Waals surface area contributed by atoms with E-state index in [4.69, 9.17) is 4.74 Å². The van der Waals surface area contributed by atoms with Gasteiger partial charge in [0.25, 0.3) is 0 Å². The first-order valence-electron chi connectivity index (χ1n) is 7.47. The third kappa shape index (κ3) is 3.92. The van der Waals surface area contributed by atoms with Gasteiger partial charge in [-0.3, -0.25) is 0 Å². The summed E-state index contributed by atoms with van der Waals surface area (Å²) in [5.41, 5.74) is 0. The Balaban J connectivity index is 1.78. The molecule has 0 aromatic heterocycles. The molecule has 2 aliphatic heterocycles. The normalized spacial score (nSPS) is 34.0. The van der Waals surface area contributed by atoms with Crippen molar-refractivity contribution in [3.63, 3.8) is 0 Å². The van der Waals surface area contributed by atoms with Gasteiger partial charge in [0.05, 0.1) is 6.61 Å². The van der Waals surface area contributed by atoms with Crippen LogP contribution in [0.4, 0.5) is 0 Å². The van der Waals surface area contributed by atoms with Gasteiger partial charge in [0.2, 0.25) is 0 Å². The highest BCUT2D eigenvalue weighted by atomic mass is 16.5. The van der Waals surface area contributed by atoms with E-state index in [0.717, 1.165) is 52.2 Å². The van der Waals surface area contributed by atoms with Gasteiger partial charge >= 0.3 is 0 Å². The van der Waals surface area contributed by atoms with E-state index in [1.54, 1.807) is 0 Å². The molecule has 2 fully saturated rings. The largest absolute Gasteiger partial charge is 0.396 e. The number of ether oxygens (including phenoxy) is 1. The Morgan fingerprint density at radius 2 is 2.28 bits per heavy atom. The minimum absolute atomic E-state index is 0.342. The molecule has 2 saturated heterocycles. The Labute approximate surface area is 111 Å². The van der Waals surface area contributed by atoms with E-state index >= 15 is 0 Å². The monoisotopic (exact) mass is 256 g/mol. The van der Waals surface area contributed by atoms with Crippen molar-refractivity contribution in [3.8, 4) is 0 Å². The zero-order valence-electron chi connectivity index (χ0n) is 11.6. The molecule has 4 nitrogen and oxygen atoms in total. The second-order valence-electron chi connectivity index (χ2n) is 5.78. The third-order valence-corrected chi connectivity index (χ3v) is 4.25. The fourth-order valence-corrected chi connectivity index (χ4v) is 3.13. The summed E-state index contributed by atoms with van der Waals surface area (Å²) in [6.07, 6.45) is 3.49. The molecule has 106 valence electrons. The van der Waals surface area contributed by atoms with Gasteiger partial charge in [-0.15, -0.1) is 0 Å². The highest BCUT2D eigenvalue weighted by molar-refractivity contribution is 4.84. The minimum Gasteiger partial charge on any atom is -0.396 e. The average molecular weight is 256 g/mol. The molecule has 0 radical (unpaired) electrons. The Bertz CT molecular complexity index is 238. The molecule has 2 aliphatic rings. The Kier molecular flexibility index (Phi) is 5.89. The number of aliphatic hydroxyl groups is 1. The fourth-order valence-electron chi connectivity index (χ4n) is 3.13. The number of hydrogen-bond donors (Lipinski definition) is 2. The lowest BCUT2D eigenvalue weighted by Gasteiger charge is -2.35. The van der Waals surface area contributed by atoms with Crippen LogP contribution in [0.1, 0.15) is 26.2 Å². The molecule has 3 atom stereocenters. The SMILES string of the molecule is CCCNC1CCOCC1CN1CCC(CO)C1. The van der Waals surface area contributed by atoms with Crippen LogP contribution in [-0.4, -0.2) is 62.0 Å². The second-order valence-corrected chi connectivity index (χ2v) is 5.78. The van der Waals surface area contributed by atoms with E-state index < -0.39 is 0 Å². The number of aliphatic hydroxyl groups excluding tert-OH is 1. The number of hydrogen-bond acceptors (Lipinski definition) is 4. The highest BCUT2D eigenvalue weighted by Crippen LogP contribution is 2.21. The van der Waals surface area contributed by atoms with Gasteiger partial charge in [-0.2, -0.15) is 0 Å². The molecule has 18 heavy (non-hydrogen) atoms. The molecule has 0 bridgehead atoms. The van der Waals surface area contributed by atoms with E-state index in [1.807, 2.05) is 0 Å². The van der Waals surface area contributed by atoms with Gasteiger partial charge in [-0.25, -0.2) is 0 Å². The van der Waals surface area contributed by atoms with E-state index in [1.165, 1.54) is 6.42 Å². The van der Waals surface area contributed by atoms with Crippen LogP contribution in [0.3, 0.4) is 0 Å². The highest BCUT2D eigenvalue weighted by Gasteiger charge is 2.30. The molecule has 2 heterocycles. The number of nitrogens with one attached hydrogen (secondary N) is 1. The number of nitrogens with zero attached hydrogens (tertiary/aromatic N) is 1. The second kappa shape index (κ2) is 7.43. The van der Waals surface area contributed by atoms with Crippen LogP contribution in [0.5, 0.6) is 0 Å². The first kappa shape index (κ1) is 14.3. The Morgan fingerprint density at radius 3 is 3.00 bits per heavy atom. The van der Waals surface area contributed by atoms with Crippen LogP contribution in [0, 0.1) is 11.8 Å². The topological polar surface area (TPSA) is 44.7 Å². The molecule has 0 saturated carbocycles. The van der Waals surface area contributed by atoms with Crippen molar-refractivity contribution in [1.82, 2.24) is 10.2 Å². The zero-order chi connectivity index (χ0) is 12.8. The molecule has 0 aromatic rings. The zero-order valence-corrected chi connectivity index (χ0v) is 11.6. The van der Waals surface area contributed by atoms with Gasteiger partial charge < -0.3 is 20.1 Å². The minimum atomic E-state index is 0.342. The van der Waals surface area contributed by atoms with Gasteiger partial charge in [0.15, 0.2) is 0 Å². The lowest BCUT2D eigenvalue weighted by Crippen LogP contribution is -2.47. The first-order valence-corrected chi connectivity index (χ1v) is 7.47. The van der Waals surface area contributed by atoms with Gasteiger partial charge in [0.1, 0.15) is 0 Å². The standard InChI is InChI=1S/C14H28N2O2/c1-2-5-15-14-4-7-18-11-13(14)9-16-6-3-12(8-16)10-17/h12-15,17H,2-11H2,1H3. The van der Waals surface area contributed by atoms with E-state index in [0.29, 0.717) is 24.5 Å². The molecule has 4 heteroatoms. The summed E-state index contributed by atoms with van der Waals surface area (Å²) in [6.45, 7) is 8.79. The van der Waals surface area contributed by atoms with Crippen molar-refractivity contribution in [1.29, 1.82) is 0 Å². The quantitative estimate of drug-likeness (QED) is 0.734. The summed E-state index contributed by atoms with van der Waals surface area (Å²) in [5.74, 6) is 1.11. The average Bonchev–Trinajstić information content (AvgIpc) is 2.85. The van der Waals surface area contributed by atoms with Crippen LogP contribution in [0.25, 0.3) is 0 Å². The number of likely N-dealkylation sites (tertiary alicyclic amines) is 1. The van der Waals surface area contributed by atoms with Crippen LogP contribution in [0.15, 0.2) is 0 Å². The summed E-state index contributed by atoms with van der Waals surface area (Å²) in [7, 11) is 0. The molecule has 0 amide bonds. The summed E-state index contributed by atoms with van der Waals surface area (Å²) in [5, 5.41) is 12.9. The van der Waals surface area contributed by atoms with E-state index in [9.17, 15) is 5.11 Å². The van der Waals surface area contributed by atoms with Crippen molar-refractivity contribution >= 4 is 0 Å². The van der Waals surface area contributed by atoms with Crippen LogP contribution in [0.2, 0.25) is 0 Å². The van der Waals surface area contributed by atoms with Crippen LogP contribution >= 0.6 is 0 Å². The third-order valence-electron chi connectivity index (χ3n) is 4.25. The van der Waals surface area contributed by atoms with Crippen molar-refractivity contribution < 1.29 is 9.84 Å². The van der Waals surface area contributed by atoms with E-state index in [2.05, 4.69) is 17.1 Å². The molecule has 0 aromatic carbocycles. The van der Waals surface area contributed by atoms with Gasteiger partial charge in [-0.05, 0) is 38.3 Å². The van der Waals surface area contributed by atoms with Crippen molar-refractivity contribution in [2.45, 2.75) is 32.2 Å². The Morgan fingerprint density at radius 1 is 1.39 bits per heavy atom. The first-order chi connectivity index (χ1) is 8.83. The van der Waals surface area contributed by atoms with E-state index in [-0.39, 0.29) is 0 Å². The maximum atomic E-state index is 9.19.